The minimum absolute atomic E-state index is 0.0389. The molecular weight excluding hydrogens is 395 g/mol. The smallest absolute Gasteiger partial charge is 0.264 e. The molecule has 6 nitrogen and oxygen atoms in total. The first-order valence-corrected chi connectivity index (χ1v) is 11.1. The van der Waals surface area contributed by atoms with E-state index in [1.807, 2.05) is 6.92 Å². The molecule has 0 aromatic heterocycles. The summed E-state index contributed by atoms with van der Waals surface area (Å²) in [5.41, 5.74) is 1.85. The SMILES string of the molecule is C[C@@H]1Cc2cc(C(=O)NC[C@H]3CCCO3)ccc2N1S(=O)(=O)c1ccc(F)cc1. The molecule has 4 rings (SSSR count). The van der Waals surface area contributed by atoms with Crippen LogP contribution in [0.15, 0.2) is 47.4 Å². The number of fused-ring (bicyclic) bond motifs is 1. The van der Waals surface area contributed by atoms with Crippen LogP contribution in [-0.2, 0) is 21.2 Å². The van der Waals surface area contributed by atoms with Gasteiger partial charge in [0.2, 0.25) is 0 Å². The van der Waals surface area contributed by atoms with E-state index in [0.29, 0.717) is 24.2 Å². The molecular formula is C21H23FN2O4S. The highest BCUT2D eigenvalue weighted by Crippen LogP contribution is 2.37. The van der Waals surface area contributed by atoms with E-state index in [1.165, 1.54) is 16.4 Å². The first-order valence-electron chi connectivity index (χ1n) is 9.69. The molecule has 2 atom stereocenters. The van der Waals surface area contributed by atoms with Gasteiger partial charge < -0.3 is 10.1 Å². The highest BCUT2D eigenvalue weighted by Gasteiger charge is 2.36. The zero-order valence-electron chi connectivity index (χ0n) is 16.1. The molecule has 0 aliphatic carbocycles. The van der Waals surface area contributed by atoms with E-state index in [2.05, 4.69) is 5.32 Å². The number of hydrogen-bond donors (Lipinski definition) is 1. The van der Waals surface area contributed by atoms with E-state index in [9.17, 15) is 17.6 Å². The Morgan fingerprint density at radius 1 is 1.24 bits per heavy atom. The fourth-order valence-corrected chi connectivity index (χ4v) is 5.64. The fourth-order valence-electron chi connectivity index (χ4n) is 3.94. The Morgan fingerprint density at radius 3 is 2.69 bits per heavy atom. The van der Waals surface area contributed by atoms with Gasteiger partial charge in [-0.05, 0) is 74.2 Å². The highest BCUT2D eigenvalue weighted by atomic mass is 32.2. The molecule has 1 amide bonds. The van der Waals surface area contributed by atoms with Gasteiger partial charge in [0.1, 0.15) is 5.82 Å². The molecule has 154 valence electrons. The van der Waals surface area contributed by atoms with Gasteiger partial charge in [0.25, 0.3) is 15.9 Å². The van der Waals surface area contributed by atoms with Crippen LogP contribution in [0.3, 0.4) is 0 Å². The summed E-state index contributed by atoms with van der Waals surface area (Å²) in [5, 5.41) is 2.88. The number of halogens is 1. The van der Waals surface area contributed by atoms with E-state index < -0.39 is 15.8 Å². The summed E-state index contributed by atoms with van der Waals surface area (Å²) in [6, 6.07) is 9.55. The molecule has 2 aliphatic rings. The topological polar surface area (TPSA) is 75.7 Å². The van der Waals surface area contributed by atoms with E-state index >= 15 is 0 Å². The van der Waals surface area contributed by atoms with Crippen LogP contribution in [0.25, 0.3) is 0 Å². The van der Waals surface area contributed by atoms with Crippen LogP contribution >= 0.6 is 0 Å². The van der Waals surface area contributed by atoms with Crippen LogP contribution in [0.2, 0.25) is 0 Å². The second-order valence-electron chi connectivity index (χ2n) is 7.50. The Bertz CT molecular complexity index is 1020. The van der Waals surface area contributed by atoms with E-state index in [-0.39, 0.29) is 22.9 Å². The average Bonchev–Trinajstić information content (AvgIpc) is 3.32. The molecule has 0 saturated carbocycles. The van der Waals surface area contributed by atoms with Crippen molar-refractivity contribution in [1.82, 2.24) is 5.32 Å². The lowest BCUT2D eigenvalue weighted by Crippen LogP contribution is -2.35. The number of nitrogens with zero attached hydrogens (tertiary/aromatic N) is 1. The highest BCUT2D eigenvalue weighted by molar-refractivity contribution is 7.92. The van der Waals surface area contributed by atoms with E-state index in [4.69, 9.17) is 4.74 Å². The second-order valence-corrected chi connectivity index (χ2v) is 9.31. The number of ether oxygens (including phenoxy) is 1. The molecule has 2 aromatic carbocycles. The van der Waals surface area contributed by atoms with Gasteiger partial charge in [-0.25, -0.2) is 12.8 Å². The number of amides is 1. The Kier molecular flexibility index (Phi) is 5.31. The van der Waals surface area contributed by atoms with Crippen LogP contribution < -0.4 is 9.62 Å². The third-order valence-electron chi connectivity index (χ3n) is 5.38. The monoisotopic (exact) mass is 418 g/mol. The standard InChI is InChI=1S/C21H23FN2O4S/c1-14-11-16-12-15(21(25)23-13-18-3-2-10-28-18)4-9-20(16)24(14)29(26,27)19-7-5-17(22)6-8-19/h4-9,12,14,18H,2-3,10-11,13H2,1H3,(H,23,25)/t14-,18-/m1/s1. The third-order valence-corrected chi connectivity index (χ3v) is 7.32. The van der Waals surface area contributed by atoms with Crippen LogP contribution in [0.4, 0.5) is 10.1 Å². The molecule has 2 aliphatic heterocycles. The Morgan fingerprint density at radius 2 is 2.00 bits per heavy atom. The zero-order valence-corrected chi connectivity index (χ0v) is 16.9. The van der Waals surface area contributed by atoms with Crippen molar-refractivity contribution in [2.24, 2.45) is 0 Å². The number of sulfonamides is 1. The molecule has 0 spiro atoms. The van der Waals surface area contributed by atoms with Crippen molar-refractivity contribution < 1.29 is 22.3 Å². The molecule has 0 radical (unpaired) electrons. The summed E-state index contributed by atoms with van der Waals surface area (Å²) < 4.78 is 46.3. The van der Waals surface area contributed by atoms with Crippen molar-refractivity contribution in [2.45, 2.75) is 43.2 Å². The summed E-state index contributed by atoms with van der Waals surface area (Å²) >= 11 is 0. The summed E-state index contributed by atoms with van der Waals surface area (Å²) in [7, 11) is -3.82. The van der Waals surface area contributed by atoms with Gasteiger partial charge in [-0.15, -0.1) is 0 Å². The molecule has 8 heteroatoms. The van der Waals surface area contributed by atoms with Gasteiger partial charge in [-0.2, -0.15) is 0 Å². The number of nitrogens with one attached hydrogen (secondary N) is 1. The number of carbonyl (C=O) groups is 1. The van der Waals surface area contributed by atoms with Gasteiger partial charge in [0.15, 0.2) is 0 Å². The lowest BCUT2D eigenvalue weighted by molar-refractivity contribution is 0.0857. The first kappa shape index (κ1) is 19.8. The molecule has 1 N–H and O–H groups in total. The largest absolute Gasteiger partial charge is 0.376 e. The van der Waals surface area contributed by atoms with Crippen molar-refractivity contribution in [3.8, 4) is 0 Å². The molecule has 2 aromatic rings. The summed E-state index contributed by atoms with van der Waals surface area (Å²) in [6.07, 6.45) is 2.51. The molecule has 0 bridgehead atoms. The first-order chi connectivity index (χ1) is 13.9. The number of benzene rings is 2. The molecule has 1 fully saturated rings. The predicted octanol–water partition coefficient (Wildman–Crippen LogP) is 2.87. The maximum absolute atomic E-state index is 13.2. The van der Waals surface area contributed by atoms with Crippen molar-refractivity contribution >= 4 is 21.6 Å². The van der Waals surface area contributed by atoms with Gasteiger partial charge in [-0.3, -0.25) is 9.10 Å². The minimum atomic E-state index is -3.82. The van der Waals surface area contributed by atoms with Crippen LogP contribution in [0.5, 0.6) is 0 Å². The lowest BCUT2D eigenvalue weighted by atomic mass is 10.1. The van der Waals surface area contributed by atoms with E-state index in [0.717, 1.165) is 37.1 Å². The van der Waals surface area contributed by atoms with Crippen molar-refractivity contribution in [2.75, 3.05) is 17.5 Å². The van der Waals surface area contributed by atoms with Gasteiger partial charge in [0.05, 0.1) is 16.7 Å². The molecule has 0 unspecified atom stereocenters. The van der Waals surface area contributed by atoms with Crippen LogP contribution in [0, 0.1) is 5.82 Å². The number of hydrogen-bond acceptors (Lipinski definition) is 4. The maximum Gasteiger partial charge on any atom is 0.264 e. The van der Waals surface area contributed by atoms with Crippen molar-refractivity contribution in [3.05, 3.63) is 59.4 Å². The number of anilines is 1. The quantitative estimate of drug-likeness (QED) is 0.810. The van der Waals surface area contributed by atoms with Crippen molar-refractivity contribution in [1.29, 1.82) is 0 Å². The Hall–Kier alpha value is -2.45. The van der Waals surface area contributed by atoms with Crippen molar-refractivity contribution in [3.63, 3.8) is 0 Å². The third kappa shape index (κ3) is 3.86. The zero-order chi connectivity index (χ0) is 20.6. The summed E-state index contributed by atoms with van der Waals surface area (Å²) in [6.45, 7) is 3.02. The molecule has 2 heterocycles. The molecule has 1 saturated heterocycles. The average molecular weight is 418 g/mol. The van der Waals surface area contributed by atoms with Gasteiger partial charge in [0, 0.05) is 24.8 Å². The Labute approximate surface area is 169 Å². The molecule has 29 heavy (non-hydrogen) atoms. The number of carbonyl (C=O) groups excluding carboxylic acids is 1. The normalized spacial score (nSPS) is 21.2. The summed E-state index contributed by atoms with van der Waals surface area (Å²) in [5.74, 6) is -0.687. The fraction of sp³-hybridized carbons (Fsp3) is 0.381. The van der Waals surface area contributed by atoms with Crippen LogP contribution in [-0.4, -0.2) is 39.6 Å². The summed E-state index contributed by atoms with van der Waals surface area (Å²) in [4.78, 5) is 12.5. The van der Waals surface area contributed by atoms with Gasteiger partial charge in [-0.1, -0.05) is 0 Å². The lowest BCUT2D eigenvalue weighted by Gasteiger charge is -2.24. The van der Waals surface area contributed by atoms with Gasteiger partial charge >= 0.3 is 0 Å². The van der Waals surface area contributed by atoms with E-state index in [1.54, 1.807) is 18.2 Å². The number of rotatable bonds is 5. The minimum Gasteiger partial charge on any atom is -0.376 e. The van der Waals surface area contributed by atoms with Crippen LogP contribution in [0.1, 0.15) is 35.7 Å². The predicted molar refractivity (Wildman–Crippen MR) is 107 cm³/mol. The Balaban J connectivity index is 1.56. The maximum atomic E-state index is 13.2. The second kappa shape index (κ2) is 7.76.